The van der Waals surface area contributed by atoms with E-state index in [1.807, 2.05) is 40.0 Å². The number of hydrogen-bond donors (Lipinski definition) is 0. The van der Waals surface area contributed by atoms with Crippen molar-refractivity contribution in [1.82, 2.24) is 9.47 Å². The van der Waals surface area contributed by atoms with E-state index in [0.29, 0.717) is 12.0 Å². The van der Waals surface area contributed by atoms with E-state index < -0.39 is 5.60 Å². The molecule has 0 saturated carbocycles. The van der Waals surface area contributed by atoms with Gasteiger partial charge in [-0.25, -0.2) is 4.79 Å². The van der Waals surface area contributed by atoms with Crippen molar-refractivity contribution in [2.75, 3.05) is 13.6 Å². The van der Waals surface area contributed by atoms with Gasteiger partial charge in [0.2, 0.25) is 0 Å². The maximum atomic E-state index is 12.9. The predicted octanol–water partition coefficient (Wildman–Crippen LogP) is 5.54. The van der Waals surface area contributed by atoms with Crippen LogP contribution in [0.4, 0.5) is 4.79 Å². The second kappa shape index (κ2) is 7.44. The zero-order valence-electron chi connectivity index (χ0n) is 17.0. The van der Waals surface area contributed by atoms with Gasteiger partial charge in [-0.05, 0) is 64.3 Å². The zero-order valence-corrected chi connectivity index (χ0v) is 18.6. The molecule has 0 amide bonds. The quantitative estimate of drug-likeness (QED) is 0.583. The van der Waals surface area contributed by atoms with Gasteiger partial charge in [0.25, 0.3) is 0 Å². The maximum absolute atomic E-state index is 12.9. The highest BCUT2D eigenvalue weighted by atomic mass is 79.9. The fraction of sp³-hybridized carbons (Fsp3) is 0.500. The number of halogens is 1. The standard InChI is InChI=1S/C22H29BrN2O2/c1-14-7-9-17(24(6)12-14)11-16-13-25(21(26)27-22(3,4)5)20-15(2)8-10-18(23)19(16)20/h7-10,13-14,17H,11-12H2,1-6H3/t14-,17-/m0/s1. The van der Waals surface area contributed by atoms with Crippen molar-refractivity contribution in [1.29, 1.82) is 0 Å². The Kier molecular flexibility index (Phi) is 5.55. The summed E-state index contributed by atoms with van der Waals surface area (Å²) in [5, 5.41) is 1.10. The fourth-order valence-electron chi connectivity index (χ4n) is 3.75. The summed E-state index contributed by atoms with van der Waals surface area (Å²) in [4.78, 5) is 15.2. The number of carbonyl (C=O) groups excluding carboxylic acids is 1. The first-order valence-corrected chi connectivity index (χ1v) is 10.3. The van der Waals surface area contributed by atoms with Gasteiger partial charge in [0.1, 0.15) is 5.60 Å². The van der Waals surface area contributed by atoms with E-state index in [1.165, 1.54) is 0 Å². The van der Waals surface area contributed by atoms with Gasteiger partial charge in [-0.2, -0.15) is 0 Å². The molecule has 1 aromatic heterocycles. The minimum absolute atomic E-state index is 0.325. The molecule has 146 valence electrons. The highest BCUT2D eigenvalue weighted by Gasteiger charge is 2.25. The molecule has 2 aromatic rings. The first kappa shape index (κ1) is 20.2. The number of carbonyl (C=O) groups is 1. The molecule has 1 aliphatic rings. The van der Waals surface area contributed by atoms with Crippen molar-refractivity contribution < 1.29 is 9.53 Å². The van der Waals surface area contributed by atoms with Crippen molar-refractivity contribution in [3.63, 3.8) is 0 Å². The van der Waals surface area contributed by atoms with Crippen LogP contribution in [0.5, 0.6) is 0 Å². The Labute approximate surface area is 170 Å². The number of aromatic nitrogens is 1. The van der Waals surface area contributed by atoms with Crippen LogP contribution >= 0.6 is 15.9 Å². The molecule has 0 bridgehead atoms. The molecular weight excluding hydrogens is 404 g/mol. The van der Waals surface area contributed by atoms with Gasteiger partial charge < -0.3 is 4.74 Å². The van der Waals surface area contributed by atoms with Crippen LogP contribution in [0.3, 0.4) is 0 Å². The molecule has 4 nitrogen and oxygen atoms in total. The Morgan fingerprint density at radius 3 is 2.63 bits per heavy atom. The van der Waals surface area contributed by atoms with Gasteiger partial charge in [0, 0.05) is 28.6 Å². The monoisotopic (exact) mass is 432 g/mol. The lowest BCUT2D eigenvalue weighted by atomic mass is 9.97. The van der Waals surface area contributed by atoms with E-state index in [-0.39, 0.29) is 6.09 Å². The van der Waals surface area contributed by atoms with E-state index in [0.717, 1.165) is 39.5 Å². The molecule has 2 atom stereocenters. The molecule has 0 aliphatic carbocycles. The molecule has 5 heteroatoms. The van der Waals surface area contributed by atoms with Crippen LogP contribution in [0.2, 0.25) is 0 Å². The number of hydrogen-bond acceptors (Lipinski definition) is 3. The Bertz CT molecular complexity index is 892. The van der Waals surface area contributed by atoms with Crippen LogP contribution in [0.1, 0.15) is 38.8 Å². The second-order valence-electron chi connectivity index (χ2n) is 8.67. The van der Waals surface area contributed by atoms with Crippen molar-refractivity contribution in [2.24, 2.45) is 5.92 Å². The van der Waals surface area contributed by atoms with E-state index in [4.69, 9.17) is 4.74 Å². The van der Waals surface area contributed by atoms with Crippen LogP contribution in [-0.4, -0.2) is 40.8 Å². The normalized spacial score (nSPS) is 21.0. The molecule has 0 spiro atoms. The molecule has 0 fully saturated rings. The van der Waals surface area contributed by atoms with E-state index in [2.05, 4.69) is 53.0 Å². The van der Waals surface area contributed by atoms with Gasteiger partial charge in [0.15, 0.2) is 0 Å². The smallest absolute Gasteiger partial charge is 0.419 e. The first-order chi connectivity index (χ1) is 12.6. The van der Waals surface area contributed by atoms with Crippen LogP contribution in [0.25, 0.3) is 10.9 Å². The summed E-state index contributed by atoms with van der Waals surface area (Å²) in [5.74, 6) is 0.573. The molecule has 0 radical (unpaired) electrons. The molecule has 3 rings (SSSR count). The summed E-state index contributed by atoms with van der Waals surface area (Å²) in [6.45, 7) is 11.0. The Morgan fingerprint density at radius 1 is 1.30 bits per heavy atom. The number of benzene rings is 1. The average Bonchev–Trinajstić information content (AvgIpc) is 2.93. The molecule has 0 N–H and O–H groups in total. The molecule has 0 saturated heterocycles. The van der Waals surface area contributed by atoms with Gasteiger partial charge in [-0.15, -0.1) is 0 Å². The van der Waals surface area contributed by atoms with Crippen molar-refractivity contribution in [3.8, 4) is 0 Å². The molecule has 27 heavy (non-hydrogen) atoms. The summed E-state index contributed by atoms with van der Waals surface area (Å²) in [7, 11) is 2.16. The van der Waals surface area contributed by atoms with Crippen molar-refractivity contribution >= 4 is 32.9 Å². The predicted molar refractivity (Wildman–Crippen MR) is 114 cm³/mol. The zero-order chi connectivity index (χ0) is 19.9. The number of rotatable bonds is 2. The number of nitrogens with zero attached hydrogens (tertiary/aromatic N) is 2. The Balaban J connectivity index is 2.07. The van der Waals surface area contributed by atoms with Gasteiger partial charge in [-0.1, -0.05) is 41.1 Å². The third-order valence-corrected chi connectivity index (χ3v) is 5.66. The van der Waals surface area contributed by atoms with Gasteiger partial charge in [-0.3, -0.25) is 9.47 Å². The average molecular weight is 433 g/mol. The number of fused-ring (bicyclic) bond motifs is 1. The summed E-state index contributed by atoms with van der Waals surface area (Å²) in [6, 6.07) is 4.42. The second-order valence-corrected chi connectivity index (χ2v) is 9.52. The molecular formula is C22H29BrN2O2. The van der Waals surface area contributed by atoms with Crippen molar-refractivity contribution in [2.45, 2.75) is 52.7 Å². The summed E-state index contributed by atoms with van der Waals surface area (Å²) >= 11 is 3.70. The highest BCUT2D eigenvalue weighted by molar-refractivity contribution is 9.10. The topological polar surface area (TPSA) is 34.5 Å². The van der Waals surface area contributed by atoms with Crippen molar-refractivity contribution in [3.05, 3.63) is 46.1 Å². The largest absolute Gasteiger partial charge is 0.443 e. The van der Waals surface area contributed by atoms with E-state index in [9.17, 15) is 4.79 Å². The SMILES string of the molecule is Cc1ccc(Br)c2c(C[C@@H]3C=C[C@H](C)CN3C)cn(C(=O)OC(C)(C)C)c12. The van der Waals surface area contributed by atoms with Crippen LogP contribution in [-0.2, 0) is 11.2 Å². The molecule has 1 aliphatic heterocycles. The van der Waals surface area contributed by atoms with Gasteiger partial charge in [0.05, 0.1) is 5.52 Å². The third-order valence-electron chi connectivity index (χ3n) is 5.00. The highest BCUT2D eigenvalue weighted by Crippen LogP contribution is 2.33. The first-order valence-electron chi connectivity index (χ1n) is 9.48. The Hall–Kier alpha value is -1.59. The van der Waals surface area contributed by atoms with Crippen LogP contribution in [0, 0.1) is 12.8 Å². The van der Waals surface area contributed by atoms with Crippen LogP contribution in [0.15, 0.2) is 35.0 Å². The minimum atomic E-state index is -0.532. The fourth-order valence-corrected chi connectivity index (χ4v) is 4.32. The minimum Gasteiger partial charge on any atom is -0.443 e. The molecule has 0 unspecified atom stereocenters. The Morgan fingerprint density at radius 2 is 2.00 bits per heavy atom. The molecule has 2 heterocycles. The third kappa shape index (κ3) is 4.30. The van der Waals surface area contributed by atoms with Crippen LogP contribution < -0.4 is 0 Å². The van der Waals surface area contributed by atoms with E-state index >= 15 is 0 Å². The number of likely N-dealkylation sites (N-methyl/N-ethyl adjacent to an activating group) is 1. The summed E-state index contributed by atoms with van der Waals surface area (Å²) < 4.78 is 8.33. The molecule has 1 aromatic carbocycles. The van der Waals surface area contributed by atoms with Gasteiger partial charge >= 0.3 is 6.09 Å². The lowest BCUT2D eigenvalue weighted by molar-refractivity contribution is 0.0544. The van der Waals surface area contributed by atoms with E-state index in [1.54, 1.807) is 4.57 Å². The summed E-state index contributed by atoms with van der Waals surface area (Å²) in [5.41, 5.74) is 2.61. The maximum Gasteiger partial charge on any atom is 0.419 e. The lowest BCUT2D eigenvalue weighted by Crippen LogP contribution is -2.37. The lowest BCUT2D eigenvalue weighted by Gasteiger charge is -2.31. The number of ether oxygens (including phenoxy) is 1. The number of aryl methyl sites for hydroxylation is 1. The summed E-state index contributed by atoms with van der Waals surface area (Å²) in [6.07, 6.45) is 7.05.